The van der Waals surface area contributed by atoms with Gasteiger partial charge in [-0.15, -0.1) is 0 Å². The van der Waals surface area contributed by atoms with Crippen molar-refractivity contribution in [3.8, 4) is 0 Å². The zero-order valence-corrected chi connectivity index (χ0v) is 21.2. The molecule has 4 aliphatic rings. The molecule has 3 aliphatic heterocycles. The summed E-state index contributed by atoms with van der Waals surface area (Å²) in [5.74, 6) is -6.40. The van der Waals surface area contributed by atoms with Gasteiger partial charge in [0.15, 0.2) is 12.6 Å². The maximum atomic E-state index is 14.9. The zero-order valence-electron chi connectivity index (χ0n) is 21.2. The van der Waals surface area contributed by atoms with Crippen LogP contribution in [0.3, 0.4) is 0 Å². The molecule has 0 amide bonds. The third kappa shape index (κ3) is 6.82. The summed E-state index contributed by atoms with van der Waals surface area (Å²) in [6.45, 7) is 5.68. The van der Waals surface area contributed by atoms with Gasteiger partial charge in [-0.05, 0) is 50.9 Å². The number of halogens is 2. The fraction of sp³-hybridized carbons (Fsp3) is 0.889. The number of fused-ring (bicyclic) bond motifs is 1. The van der Waals surface area contributed by atoms with E-state index in [9.17, 15) is 13.6 Å². The second-order valence-corrected chi connectivity index (χ2v) is 10.7. The molecular weight excluding hydrogens is 458 g/mol. The number of carbonyl (C=O) groups is 1. The van der Waals surface area contributed by atoms with Crippen LogP contribution in [-0.2, 0) is 28.5 Å². The van der Waals surface area contributed by atoms with Gasteiger partial charge >= 0.3 is 11.9 Å². The molecule has 0 radical (unpaired) electrons. The zero-order chi connectivity index (χ0) is 24.8. The van der Waals surface area contributed by atoms with E-state index in [1.54, 1.807) is 6.08 Å². The van der Waals surface area contributed by atoms with E-state index < -0.39 is 42.2 Å². The van der Waals surface area contributed by atoms with Gasteiger partial charge in [0.05, 0.1) is 18.1 Å². The molecular formula is C27H42F2O6. The van der Waals surface area contributed by atoms with Crippen LogP contribution in [-0.4, -0.2) is 56.0 Å². The first-order chi connectivity index (χ1) is 16.9. The molecule has 3 heterocycles. The molecule has 3 saturated heterocycles. The topological polar surface area (TPSA) is 63.2 Å². The summed E-state index contributed by atoms with van der Waals surface area (Å²) in [7, 11) is 0. The SMILES string of the molecule is CCCC[C@H](C)C[C@@H](C=C[C@@H]1[C@@H]2[C@H](C[C@H]1OC1CCCCO1)OC(=O)C2(F)F)OC1CCCCO1. The van der Waals surface area contributed by atoms with Gasteiger partial charge in [-0.2, -0.15) is 8.78 Å². The summed E-state index contributed by atoms with van der Waals surface area (Å²) in [6.07, 6.45) is 11.5. The first-order valence-corrected chi connectivity index (χ1v) is 13.7. The first-order valence-electron chi connectivity index (χ1n) is 13.7. The Morgan fingerprint density at radius 3 is 2.49 bits per heavy atom. The number of esters is 1. The fourth-order valence-electron chi connectivity index (χ4n) is 5.88. The highest BCUT2D eigenvalue weighted by Crippen LogP contribution is 2.51. The molecule has 0 aromatic rings. The third-order valence-corrected chi connectivity index (χ3v) is 7.82. The molecule has 8 atom stereocenters. The lowest BCUT2D eigenvalue weighted by Crippen LogP contribution is -2.38. The van der Waals surface area contributed by atoms with Crippen molar-refractivity contribution in [3.63, 3.8) is 0 Å². The smallest absolute Gasteiger partial charge is 0.377 e. The van der Waals surface area contributed by atoms with Crippen LogP contribution in [0.15, 0.2) is 12.2 Å². The van der Waals surface area contributed by atoms with Gasteiger partial charge in [0.1, 0.15) is 6.10 Å². The molecule has 0 spiro atoms. The minimum Gasteiger partial charge on any atom is -0.457 e. The molecule has 0 N–H and O–H groups in total. The van der Waals surface area contributed by atoms with Gasteiger partial charge in [-0.25, -0.2) is 4.79 Å². The Labute approximate surface area is 208 Å². The molecule has 6 nitrogen and oxygen atoms in total. The van der Waals surface area contributed by atoms with Crippen molar-refractivity contribution in [1.82, 2.24) is 0 Å². The van der Waals surface area contributed by atoms with Crippen LogP contribution in [0.4, 0.5) is 8.78 Å². The lowest BCUT2D eigenvalue weighted by atomic mass is 9.88. The van der Waals surface area contributed by atoms with Crippen LogP contribution >= 0.6 is 0 Å². The van der Waals surface area contributed by atoms with Crippen molar-refractivity contribution in [2.24, 2.45) is 17.8 Å². The van der Waals surface area contributed by atoms with Gasteiger partial charge < -0.3 is 23.7 Å². The number of ether oxygens (including phenoxy) is 5. The lowest BCUT2D eigenvalue weighted by molar-refractivity contribution is -0.199. The first kappa shape index (κ1) is 27.0. The van der Waals surface area contributed by atoms with Crippen LogP contribution in [0, 0.1) is 17.8 Å². The second-order valence-electron chi connectivity index (χ2n) is 10.7. The van der Waals surface area contributed by atoms with E-state index in [1.165, 1.54) is 0 Å². The molecule has 4 fully saturated rings. The summed E-state index contributed by atoms with van der Waals surface area (Å²) in [5.41, 5.74) is 0. The number of unbranched alkanes of at least 4 members (excludes halogenated alkanes) is 1. The van der Waals surface area contributed by atoms with E-state index in [-0.39, 0.29) is 18.8 Å². The highest BCUT2D eigenvalue weighted by atomic mass is 19.3. The Balaban J connectivity index is 1.50. The highest BCUT2D eigenvalue weighted by Gasteiger charge is 2.67. The van der Waals surface area contributed by atoms with Crippen molar-refractivity contribution < 1.29 is 37.3 Å². The van der Waals surface area contributed by atoms with Gasteiger partial charge in [0.25, 0.3) is 0 Å². The molecule has 1 aliphatic carbocycles. The quantitative estimate of drug-likeness (QED) is 0.265. The summed E-state index contributed by atoms with van der Waals surface area (Å²) in [6, 6.07) is 0. The molecule has 1 saturated carbocycles. The number of alkyl halides is 2. The largest absolute Gasteiger partial charge is 0.457 e. The van der Waals surface area contributed by atoms with Crippen molar-refractivity contribution in [1.29, 1.82) is 0 Å². The highest BCUT2D eigenvalue weighted by molar-refractivity contribution is 5.81. The summed E-state index contributed by atoms with van der Waals surface area (Å²) < 4.78 is 58.9. The number of carbonyl (C=O) groups excluding carboxylic acids is 1. The van der Waals surface area contributed by atoms with Crippen molar-refractivity contribution >= 4 is 5.97 Å². The number of hydrogen-bond donors (Lipinski definition) is 0. The minimum absolute atomic E-state index is 0.248. The molecule has 0 aromatic heterocycles. The van der Waals surface area contributed by atoms with E-state index in [4.69, 9.17) is 23.7 Å². The normalized spacial score (nSPS) is 36.7. The van der Waals surface area contributed by atoms with Crippen LogP contribution < -0.4 is 0 Å². The van der Waals surface area contributed by atoms with Crippen molar-refractivity contribution in [2.75, 3.05) is 13.2 Å². The number of hydrogen-bond acceptors (Lipinski definition) is 6. The average Bonchev–Trinajstić information content (AvgIpc) is 3.29. The summed E-state index contributed by atoms with van der Waals surface area (Å²) >= 11 is 0. The fourth-order valence-corrected chi connectivity index (χ4v) is 5.88. The van der Waals surface area contributed by atoms with Crippen LogP contribution in [0.1, 0.15) is 84.5 Å². The van der Waals surface area contributed by atoms with Crippen LogP contribution in [0.5, 0.6) is 0 Å². The maximum Gasteiger partial charge on any atom is 0.377 e. The Bertz CT molecular complexity index is 704. The van der Waals surface area contributed by atoms with E-state index in [1.807, 2.05) is 6.08 Å². The Hall–Kier alpha value is -1.09. The van der Waals surface area contributed by atoms with E-state index in [0.29, 0.717) is 19.1 Å². The molecule has 0 bridgehead atoms. The molecule has 8 heteroatoms. The molecule has 200 valence electrons. The lowest BCUT2D eigenvalue weighted by Gasteiger charge is -2.30. The molecule has 2 unspecified atom stereocenters. The van der Waals surface area contributed by atoms with Gasteiger partial charge in [0.2, 0.25) is 0 Å². The van der Waals surface area contributed by atoms with Gasteiger partial charge in [0, 0.05) is 25.6 Å². The van der Waals surface area contributed by atoms with E-state index >= 15 is 0 Å². The summed E-state index contributed by atoms with van der Waals surface area (Å²) in [5, 5.41) is 0. The minimum atomic E-state index is -3.53. The van der Waals surface area contributed by atoms with E-state index in [2.05, 4.69) is 13.8 Å². The standard InChI is InChI=1S/C27H42F2O6/c1-3-4-9-18(2)16-19(33-23-10-5-7-14-31-23)12-13-20-21(34-24-11-6-8-15-32-24)17-22-25(20)27(28,29)26(30)35-22/h12-13,18-25H,3-11,14-17H2,1-2H3/t18-,19+,20-,21+,22-,23?,24?,25+/m0/s1. The van der Waals surface area contributed by atoms with Crippen molar-refractivity contribution in [3.05, 3.63) is 12.2 Å². The van der Waals surface area contributed by atoms with Crippen LogP contribution in [0.2, 0.25) is 0 Å². The van der Waals surface area contributed by atoms with Gasteiger partial charge in [-0.1, -0.05) is 45.3 Å². The maximum absolute atomic E-state index is 14.9. The molecule has 4 rings (SSSR count). The third-order valence-electron chi connectivity index (χ3n) is 7.82. The Morgan fingerprint density at radius 1 is 1.11 bits per heavy atom. The second kappa shape index (κ2) is 12.4. The average molecular weight is 501 g/mol. The monoisotopic (exact) mass is 500 g/mol. The van der Waals surface area contributed by atoms with Crippen LogP contribution in [0.25, 0.3) is 0 Å². The molecule has 0 aromatic carbocycles. The van der Waals surface area contributed by atoms with Crippen molar-refractivity contribution in [2.45, 2.75) is 121 Å². The molecule has 35 heavy (non-hydrogen) atoms. The Kier molecular flexibility index (Phi) is 9.58. The number of rotatable bonds is 11. The predicted molar refractivity (Wildman–Crippen MR) is 126 cm³/mol. The van der Waals surface area contributed by atoms with E-state index in [0.717, 1.165) is 64.2 Å². The Morgan fingerprint density at radius 2 is 1.83 bits per heavy atom. The predicted octanol–water partition coefficient (Wildman–Crippen LogP) is 5.78. The summed E-state index contributed by atoms with van der Waals surface area (Å²) in [4.78, 5) is 11.9. The van der Waals surface area contributed by atoms with Gasteiger partial charge in [-0.3, -0.25) is 0 Å².